The Morgan fingerprint density at radius 3 is 2.58 bits per heavy atom. The molecule has 1 aromatic carbocycles. The molecule has 136 valence electrons. The Kier molecular flexibility index (Phi) is 5.13. The molecule has 0 saturated carbocycles. The van der Waals surface area contributed by atoms with E-state index in [1.165, 1.54) is 28.4 Å². The van der Waals surface area contributed by atoms with Crippen molar-refractivity contribution in [3.8, 4) is 10.8 Å². The molecule has 0 fully saturated rings. The van der Waals surface area contributed by atoms with Crippen molar-refractivity contribution in [3.63, 3.8) is 0 Å². The third kappa shape index (κ3) is 4.32. The molecule has 0 aliphatic heterocycles. The second-order valence-corrected chi connectivity index (χ2v) is 6.60. The van der Waals surface area contributed by atoms with Gasteiger partial charge in [-0.2, -0.15) is 13.2 Å². The van der Waals surface area contributed by atoms with Crippen molar-refractivity contribution in [2.45, 2.75) is 19.1 Å². The minimum Gasteiger partial charge on any atom is -0.462 e. The number of furan rings is 1. The molecule has 0 spiro atoms. The van der Waals surface area contributed by atoms with E-state index in [-0.39, 0.29) is 18.9 Å². The Morgan fingerprint density at radius 1 is 1.23 bits per heavy atom. The molecular formula is C18H15F3N2O2S. The van der Waals surface area contributed by atoms with Crippen molar-refractivity contribution in [3.05, 3.63) is 64.9 Å². The van der Waals surface area contributed by atoms with E-state index in [1.54, 1.807) is 30.8 Å². The molecule has 0 aliphatic rings. The number of halogens is 3. The lowest BCUT2D eigenvalue weighted by Gasteiger charge is -2.17. The predicted molar refractivity (Wildman–Crippen MR) is 91.4 cm³/mol. The van der Waals surface area contributed by atoms with Gasteiger partial charge in [-0.05, 0) is 29.8 Å². The van der Waals surface area contributed by atoms with Crippen molar-refractivity contribution < 1.29 is 22.4 Å². The van der Waals surface area contributed by atoms with Crippen LogP contribution in [0.2, 0.25) is 0 Å². The largest absolute Gasteiger partial charge is 0.462 e. The van der Waals surface area contributed by atoms with Gasteiger partial charge in [-0.1, -0.05) is 12.1 Å². The molecule has 0 aliphatic carbocycles. The van der Waals surface area contributed by atoms with E-state index in [1.807, 2.05) is 0 Å². The summed E-state index contributed by atoms with van der Waals surface area (Å²) in [5, 5.41) is 2.49. The highest BCUT2D eigenvalue weighted by atomic mass is 32.1. The van der Waals surface area contributed by atoms with Crippen LogP contribution in [0.25, 0.3) is 10.8 Å². The van der Waals surface area contributed by atoms with Crippen LogP contribution < -0.4 is 0 Å². The highest BCUT2D eigenvalue weighted by Crippen LogP contribution is 2.29. The highest BCUT2D eigenvalue weighted by molar-refractivity contribution is 7.13. The number of thiazole rings is 1. The number of rotatable bonds is 5. The van der Waals surface area contributed by atoms with Crippen LogP contribution in [-0.4, -0.2) is 22.8 Å². The van der Waals surface area contributed by atoms with Gasteiger partial charge in [0.25, 0.3) is 0 Å². The lowest BCUT2D eigenvalue weighted by Crippen LogP contribution is -2.27. The van der Waals surface area contributed by atoms with Gasteiger partial charge in [-0.3, -0.25) is 4.79 Å². The average molecular weight is 380 g/mol. The first kappa shape index (κ1) is 18.2. The summed E-state index contributed by atoms with van der Waals surface area (Å²) in [6, 6.07) is 8.35. The third-order valence-corrected chi connectivity index (χ3v) is 4.65. The number of alkyl halides is 3. The van der Waals surface area contributed by atoms with E-state index in [4.69, 9.17) is 4.42 Å². The standard InChI is InChI=1S/C18H15F3N2O2S/c1-23(10-12-4-6-13(7-5-12)18(19,20)21)16(24)9-14-11-26-17(22-14)15-3-2-8-25-15/h2-8,11H,9-10H2,1H3. The zero-order valence-electron chi connectivity index (χ0n) is 13.8. The van der Waals surface area contributed by atoms with Crippen LogP contribution in [0.3, 0.4) is 0 Å². The predicted octanol–water partition coefficient (Wildman–Crippen LogP) is 4.62. The first-order valence-electron chi connectivity index (χ1n) is 7.71. The number of nitrogens with zero attached hydrogens (tertiary/aromatic N) is 2. The number of benzene rings is 1. The molecule has 3 rings (SSSR count). The molecule has 0 unspecified atom stereocenters. The first-order valence-corrected chi connectivity index (χ1v) is 8.59. The zero-order chi connectivity index (χ0) is 18.7. The van der Waals surface area contributed by atoms with Gasteiger partial charge in [0.05, 0.1) is 23.9 Å². The fourth-order valence-corrected chi connectivity index (χ4v) is 3.14. The Bertz CT molecular complexity index is 871. The number of carbonyl (C=O) groups excluding carboxylic acids is 1. The van der Waals surface area contributed by atoms with E-state index in [0.29, 0.717) is 22.0 Å². The Morgan fingerprint density at radius 2 is 1.96 bits per heavy atom. The summed E-state index contributed by atoms with van der Waals surface area (Å²) in [6.45, 7) is 0.228. The molecule has 4 nitrogen and oxygen atoms in total. The SMILES string of the molecule is CN(Cc1ccc(C(F)(F)F)cc1)C(=O)Cc1csc(-c2ccco2)n1. The van der Waals surface area contributed by atoms with Crippen LogP contribution in [0, 0.1) is 0 Å². The lowest BCUT2D eigenvalue weighted by molar-refractivity contribution is -0.137. The zero-order valence-corrected chi connectivity index (χ0v) is 14.6. The van der Waals surface area contributed by atoms with Crippen LogP contribution >= 0.6 is 11.3 Å². The summed E-state index contributed by atoms with van der Waals surface area (Å²) in [4.78, 5) is 18.2. The Labute approximate surface area is 151 Å². The molecule has 0 atom stereocenters. The first-order chi connectivity index (χ1) is 12.3. The minimum atomic E-state index is -4.36. The summed E-state index contributed by atoms with van der Waals surface area (Å²) in [5.74, 6) is 0.480. The third-order valence-electron chi connectivity index (χ3n) is 3.74. The van der Waals surface area contributed by atoms with Gasteiger partial charge < -0.3 is 9.32 Å². The Hall–Kier alpha value is -2.61. The maximum atomic E-state index is 12.6. The van der Waals surface area contributed by atoms with E-state index < -0.39 is 11.7 Å². The summed E-state index contributed by atoms with van der Waals surface area (Å²) in [5.41, 5.74) is 0.553. The maximum Gasteiger partial charge on any atom is 0.416 e. The quantitative estimate of drug-likeness (QED) is 0.649. The van der Waals surface area contributed by atoms with Gasteiger partial charge in [0.15, 0.2) is 10.8 Å². The van der Waals surface area contributed by atoms with E-state index >= 15 is 0 Å². The molecule has 3 aromatic rings. The number of aromatic nitrogens is 1. The van der Waals surface area contributed by atoms with Gasteiger partial charge in [0, 0.05) is 19.0 Å². The molecule has 0 radical (unpaired) electrons. The molecule has 1 amide bonds. The fourth-order valence-electron chi connectivity index (χ4n) is 2.35. The van der Waals surface area contributed by atoms with E-state index in [0.717, 1.165) is 12.1 Å². The van der Waals surface area contributed by atoms with Crippen LogP contribution in [0.15, 0.2) is 52.5 Å². The van der Waals surface area contributed by atoms with Crippen LogP contribution in [0.1, 0.15) is 16.8 Å². The molecule has 26 heavy (non-hydrogen) atoms. The van der Waals surface area contributed by atoms with Crippen molar-refractivity contribution in [2.24, 2.45) is 0 Å². The van der Waals surface area contributed by atoms with Crippen LogP contribution in [0.5, 0.6) is 0 Å². The van der Waals surface area contributed by atoms with Gasteiger partial charge in [0.1, 0.15) is 0 Å². The summed E-state index contributed by atoms with van der Waals surface area (Å²) < 4.78 is 43.0. The van der Waals surface area contributed by atoms with Crippen molar-refractivity contribution in [1.29, 1.82) is 0 Å². The van der Waals surface area contributed by atoms with Crippen molar-refractivity contribution in [2.75, 3.05) is 7.05 Å². The van der Waals surface area contributed by atoms with Gasteiger partial charge in [0.2, 0.25) is 5.91 Å². The van der Waals surface area contributed by atoms with Gasteiger partial charge in [-0.15, -0.1) is 11.3 Å². The normalized spacial score (nSPS) is 11.5. The minimum absolute atomic E-state index is 0.119. The fraction of sp³-hybridized carbons (Fsp3) is 0.222. The molecule has 0 bridgehead atoms. The smallest absolute Gasteiger partial charge is 0.416 e. The molecule has 0 N–H and O–H groups in total. The van der Waals surface area contributed by atoms with Gasteiger partial charge in [-0.25, -0.2) is 4.98 Å². The molecule has 2 heterocycles. The van der Waals surface area contributed by atoms with Crippen molar-refractivity contribution >= 4 is 17.2 Å². The topological polar surface area (TPSA) is 46.3 Å². The lowest BCUT2D eigenvalue weighted by atomic mass is 10.1. The number of likely N-dealkylation sites (N-methyl/N-ethyl adjacent to an activating group) is 1. The number of hydrogen-bond acceptors (Lipinski definition) is 4. The summed E-state index contributed by atoms with van der Waals surface area (Å²) in [7, 11) is 1.61. The second-order valence-electron chi connectivity index (χ2n) is 5.74. The molecular weight excluding hydrogens is 365 g/mol. The monoisotopic (exact) mass is 380 g/mol. The second kappa shape index (κ2) is 7.33. The maximum absolute atomic E-state index is 12.6. The highest BCUT2D eigenvalue weighted by Gasteiger charge is 2.30. The summed E-state index contributed by atoms with van der Waals surface area (Å²) >= 11 is 1.39. The van der Waals surface area contributed by atoms with Crippen LogP contribution in [-0.2, 0) is 23.9 Å². The number of hydrogen-bond donors (Lipinski definition) is 0. The average Bonchev–Trinajstić information content (AvgIpc) is 3.25. The van der Waals surface area contributed by atoms with E-state index in [2.05, 4.69) is 4.98 Å². The molecule has 0 saturated heterocycles. The Balaban J connectivity index is 1.59. The van der Waals surface area contributed by atoms with E-state index in [9.17, 15) is 18.0 Å². The van der Waals surface area contributed by atoms with Gasteiger partial charge >= 0.3 is 6.18 Å². The molecule has 2 aromatic heterocycles. The molecule has 8 heteroatoms. The number of carbonyl (C=O) groups is 1. The number of amides is 1. The van der Waals surface area contributed by atoms with Crippen LogP contribution in [0.4, 0.5) is 13.2 Å². The summed E-state index contributed by atoms with van der Waals surface area (Å²) in [6.07, 6.45) is -2.69. The van der Waals surface area contributed by atoms with Crippen molar-refractivity contribution in [1.82, 2.24) is 9.88 Å².